The molecule has 0 aliphatic carbocycles. The summed E-state index contributed by atoms with van der Waals surface area (Å²) >= 11 is 0. The van der Waals surface area contributed by atoms with Crippen LogP contribution in [-0.4, -0.2) is 15.3 Å². The molecule has 0 saturated heterocycles. The first-order valence-corrected chi connectivity index (χ1v) is 8.53. The molecular weight excluding hydrogens is 322 g/mol. The fourth-order valence-corrected chi connectivity index (χ4v) is 3.04. The Morgan fingerprint density at radius 2 is 1.85 bits per heavy atom. The van der Waals surface area contributed by atoms with E-state index in [1.165, 1.54) is 0 Å². The van der Waals surface area contributed by atoms with Crippen molar-refractivity contribution in [2.75, 3.05) is 5.32 Å². The van der Waals surface area contributed by atoms with Crippen LogP contribution in [0.15, 0.2) is 73.1 Å². The molecule has 0 aliphatic heterocycles. The van der Waals surface area contributed by atoms with Crippen LogP contribution in [0.2, 0.25) is 0 Å². The summed E-state index contributed by atoms with van der Waals surface area (Å²) in [4.78, 5) is 17.2. The molecule has 0 saturated carbocycles. The molecule has 1 N–H and O–H groups in total. The first-order valence-electron chi connectivity index (χ1n) is 8.53. The zero-order chi connectivity index (χ0) is 18.1. The number of anilines is 1. The highest BCUT2D eigenvalue weighted by Crippen LogP contribution is 2.24. The molecule has 1 amide bonds. The maximum atomic E-state index is 12.5. The van der Waals surface area contributed by atoms with Crippen LogP contribution in [0, 0.1) is 13.8 Å². The van der Waals surface area contributed by atoms with E-state index in [0.29, 0.717) is 5.56 Å². The highest BCUT2D eigenvalue weighted by Gasteiger charge is 2.09. The van der Waals surface area contributed by atoms with Crippen LogP contribution in [0.25, 0.3) is 16.9 Å². The molecule has 128 valence electrons. The summed E-state index contributed by atoms with van der Waals surface area (Å²) in [7, 11) is 0. The largest absolute Gasteiger partial charge is 0.322 e. The van der Waals surface area contributed by atoms with Crippen LogP contribution in [0.3, 0.4) is 0 Å². The lowest BCUT2D eigenvalue weighted by atomic mass is 10.1. The van der Waals surface area contributed by atoms with Crippen molar-refractivity contribution in [2.24, 2.45) is 0 Å². The van der Waals surface area contributed by atoms with Crippen molar-refractivity contribution in [1.29, 1.82) is 0 Å². The second kappa shape index (κ2) is 6.48. The van der Waals surface area contributed by atoms with Crippen molar-refractivity contribution in [3.8, 4) is 11.3 Å². The van der Waals surface area contributed by atoms with Gasteiger partial charge in [0.1, 0.15) is 5.65 Å². The number of aryl methyl sites for hydroxylation is 2. The standard InChI is InChI=1S/C22H19N3O/c1-15-6-3-9-18(12-15)22(26)23-19-10-4-8-17(13-19)20-14-25-11-5-7-16(2)21(25)24-20/h3-14H,1-2H3,(H,23,26). The number of hydrogen-bond acceptors (Lipinski definition) is 2. The van der Waals surface area contributed by atoms with Gasteiger partial charge < -0.3 is 9.72 Å². The molecule has 0 bridgehead atoms. The molecule has 4 rings (SSSR count). The third-order valence-electron chi connectivity index (χ3n) is 4.37. The summed E-state index contributed by atoms with van der Waals surface area (Å²) in [6, 6.07) is 19.4. The molecule has 0 unspecified atom stereocenters. The molecule has 2 heterocycles. The Hall–Kier alpha value is -3.40. The number of fused-ring (bicyclic) bond motifs is 1. The Morgan fingerprint density at radius 3 is 2.65 bits per heavy atom. The number of carbonyl (C=O) groups is 1. The lowest BCUT2D eigenvalue weighted by Crippen LogP contribution is -2.11. The van der Waals surface area contributed by atoms with Gasteiger partial charge in [-0.05, 0) is 49.7 Å². The molecule has 26 heavy (non-hydrogen) atoms. The van der Waals surface area contributed by atoms with E-state index >= 15 is 0 Å². The topological polar surface area (TPSA) is 46.4 Å². The lowest BCUT2D eigenvalue weighted by molar-refractivity contribution is 0.102. The molecule has 4 aromatic rings. The SMILES string of the molecule is Cc1cccc(C(=O)Nc2cccc(-c3cn4cccc(C)c4n3)c2)c1. The Morgan fingerprint density at radius 1 is 1.00 bits per heavy atom. The van der Waals surface area contributed by atoms with Crippen LogP contribution in [-0.2, 0) is 0 Å². The Bertz CT molecular complexity index is 1110. The summed E-state index contributed by atoms with van der Waals surface area (Å²) in [6.07, 6.45) is 3.99. The molecule has 0 spiro atoms. The molecule has 4 nitrogen and oxygen atoms in total. The minimum atomic E-state index is -0.114. The molecule has 4 heteroatoms. The summed E-state index contributed by atoms with van der Waals surface area (Å²) in [5.41, 5.74) is 6.38. The maximum Gasteiger partial charge on any atom is 0.255 e. The van der Waals surface area contributed by atoms with Crippen molar-refractivity contribution in [1.82, 2.24) is 9.38 Å². The van der Waals surface area contributed by atoms with Gasteiger partial charge in [-0.3, -0.25) is 4.79 Å². The van der Waals surface area contributed by atoms with Gasteiger partial charge >= 0.3 is 0 Å². The second-order valence-electron chi connectivity index (χ2n) is 6.45. The maximum absolute atomic E-state index is 12.5. The number of imidazole rings is 1. The summed E-state index contributed by atoms with van der Waals surface area (Å²) < 4.78 is 2.02. The van der Waals surface area contributed by atoms with E-state index in [0.717, 1.165) is 33.7 Å². The van der Waals surface area contributed by atoms with E-state index in [1.807, 2.05) is 91.3 Å². The van der Waals surface area contributed by atoms with E-state index in [2.05, 4.69) is 5.32 Å². The van der Waals surface area contributed by atoms with Gasteiger partial charge in [0.2, 0.25) is 0 Å². The van der Waals surface area contributed by atoms with Gasteiger partial charge in [-0.2, -0.15) is 0 Å². The van der Waals surface area contributed by atoms with Crippen LogP contribution in [0.1, 0.15) is 21.5 Å². The predicted octanol–water partition coefficient (Wildman–Crippen LogP) is 4.87. The van der Waals surface area contributed by atoms with Gasteiger partial charge in [0, 0.05) is 29.2 Å². The third kappa shape index (κ3) is 3.09. The van der Waals surface area contributed by atoms with Gasteiger partial charge in [0.05, 0.1) is 5.69 Å². The summed E-state index contributed by atoms with van der Waals surface area (Å²) in [5, 5.41) is 2.97. The number of carbonyl (C=O) groups excluding carboxylic acids is 1. The zero-order valence-corrected chi connectivity index (χ0v) is 14.7. The number of pyridine rings is 1. The molecule has 0 aliphatic rings. The van der Waals surface area contributed by atoms with E-state index in [9.17, 15) is 4.79 Å². The monoisotopic (exact) mass is 341 g/mol. The fraction of sp³-hybridized carbons (Fsp3) is 0.0909. The van der Waals surface area contributed by atoms with Crippen LogP contribution < -0.4 is 5.32 Å². The quantitative estimate of drug-likeness (QED) is 0.578. The fourth-order valence-electron chi connectivity index (χ4n) is 3.04. The summed E-state index contributed by atoms with van der Waals surface area (Å²) in [6.45, 7) is 4.02. The van der Waals surface area contributed by atoms with Crippen molar-refractivity contribution in [2.45, 2.75) is 13.8 Å². The number of nitrogens with one attached hydrogen (secondary N) is 1. The molecular formula is C22H19N3O. The van der Waals surface area contributed by atoms with Crippen molar-refractivity contribution in [3.63, 3.8) is 0 Å². The van der Waals surface area contributed by atoms with E-state index < -0.39 is 0 Å². The molecule has 2 aromatic heterocycles. The highest BCUT2D eigenvalue weighted by molar-refractivity contribution is 6.04. The molecule has 0 radical (unpaired) electrons. The Balaban J connectivity index is 1.64. The van der Waals surface area contributed by atoms with Crippen molar-refractivity contribution >= 4 is 17.2 Å². The van der Waals surface area contributed by atoms with Crippen LogP contribution >= 0.6 is 0 Å². The average Bonchev–Trinajstić information content (AvgIpc) is 3.08. The molecule has 0 fully saturated rings. The number of hydrogen-bond donors (Lipinski definition) is 1. The minimum absolute atomic E-state index is 0.114. The second-order valence-corrected chi connectivity index (χ2v) is 6.45. The Kier molecular flexibility index (Phi) is 4.01. The third-order valence-corrected chi connectivity index (χ3v) is 4.37. The summed E-state index contributed by atoms with van der Waals surface area (Å²) in [5.74, 6) is -0.114. The van der Waals surface area contributed by atoms with E-state index in [4.69, 9.17) is 4.98 Å². The van der Waals surface area contributed by atoms with Gasteiger partial charge in [-0.15, -0.1) is 0 Å². The first kappa shape index (κ1) is 16.1. The Labute approximate surface area is 152 Å². The lowest BCUT2D eigenvalue weighted by Gasteiger charge is -2.07. The van der Waals surface area contributed by atoms with Gasteiger partial charge in [0.25, 0.3) is 5.91 Å². The van der Waals surface area contributed by atoms with Crippen LogP contribution in [0.4, 0.5) is 5.69 Å². The van der Waals surface area contributed by atoms with E-state index in [1.54, 1.807) is 0 Å². The molecule has 0 atom stereocenters. The first-order chi connectivity index (χ1) is 12.6. The van der Waals surface area contributed by atoms with Gasteiger partial charge in [-0.1, -0.05) is 35.9 Å². The average molecular weight is 341 g/mol. The smallest absolute Gasteiger partial charge is 0.255 e. The number of nitrogens with zero attached hydrogens (tertiary/aromatic N) is 2. The van der Waals surface area contributed by atoms with Gasteiger partial charge in [0.15, 0.2) is 0 Å². The number of aromatic nitrogens is 2. The minimum Gasteiger partial charge on any atom is -0.322 e. The number of benzene rings is 2. The molecule has 2 aromatic carbocycles. The predicted molar refractivity (Wildman–Crippen MR) is 104 cm³/mol. The van der Waals surface area contributed by atoms with Crippen LogP contribution in [0.5, 0.6) is 0 Å². The number of rotatable bonds is 3. The zero-order valence-electron chi connectivity index (χ0n) is 14.7. The van der Waals surface area contributed by atoms with E-state index in [-0.39, 0.29) is 5.91 Å². The number of amides is 1. The van der Waals surface area contributed by atoms with Crippen molar-refractivity contribution in [3.05, 3.63) is 89.7 Å². The van der Waals surface area contributed by atoms with Crippen molar-refractivity contribution < 1.29 is 4.79 Å². The normalized spacial score (nSPS) is 10.8. The van der Waals surface area contributed by atoms with Gasteiger partial charge in [-0.25, -0.2) is 4.98 Å². The highest BCUT2D eigenvalue weighted by atomic mass is 16.1.